The van der Waals surface area contributed by atoms with Crippen LogP contribution in [0.3, 0.4) is 0 Å². The summed E-state index contributed by atoms with van der Waals surface area (Å²) in [5.41, 5.74) is 2.75. The molecule has 1 aliphatic rings. The highest BCUT2D eigenvalue weighted by atomic mass is 19.1. The molecule has 3 aromatic carbocycles. The van der Waals surface area contributed by atoms with Crippen LogP contribution < -0.4 is 5.32 Å². The molecule has 1 fully saturated rings. The SMILES string of the molecule is CC(C)c1ccc(C2CC2C(=O)Nc2ccc3ccccc3c2F)cc1. The Hall–Kier alpha value is -2.68. The Morgan fingerprint density at radius 2 is 1.77 bits per heavy atom. The number of benzene rings is 3. The molecule has 0 spiro atoms. The summed E-state index contributed by atoms with van der Waals surface area (Å²) >= 11 is 0. The van der Waals surface area contributed by atoms with Gasteiger partial charge >= 0.3 is 0 Å². The van der Waals surface area contributed by atoms with E-state index in [-0.39, 0.29) is 29.2 Å². The Kier molecular flexibility index (Phi) is 4.23. The van der Waals surface area contributed by atoms with Gasteiger partial charge in [0.05, 0.1) is 5.69 Å². The lowest BCUT2D eigenvalue weighted by Gasteiger charge is -2.09. The van der Waals surface area contributed by atoms with Crippen LogP contribution in [0.15, 0.2) is 60.7 Å². The molecule has 26 heavy (non-hydrogen) atoms. The monoisotopic (exact) mass is 347 g/mol. The molecule has 0 aliphatic heterocycles. The molecular weight excluding hydrogens is 325 g/mol. The van der Waals surface area contributed by atoms with Crippen molar-refractivity contribution in [3.8, 4) is 0 Å². The van der Waals surface area contributed by atoms with Crippen LogP contribution in [-0.4, -0.2) is 5.91 Å². The number of carbonyl (C=O) groups excluding carboxylic acids is 1. The van der Waals surface area contributed by atoms with Gasteiger partial charge in [-0.05, 0) is 40.8 Å². The average molecular weight is 347 g/mol. The number of nitrogens with one attached hydrogen (secondary N) is 1. The molecule has 1 amide bonds. The second kappa shape index (κ2) is 6.56. The number of halogens is 1. The van der Waals surface area contributed by atoms with Gasteiger partial charge in [0.15, 0.2) is 5.82 Å². The fraction of sp³-hybridized carbons (Fsp3) is 0.261. The fourth-order valence-corrected chi connectivity index (χ4v) is 3.54. The largest absolute Gasteiger partial charge is 0.323 e. The predicted molar refractivity (Wildman–Crippen MR) is 104 cm³/mol. The molecule has 3 aromatic rings. The van der Waals surface area contributed by atoms with Crippen molar-refractivity contribution in [1.82, 2.24) is 0 Å². The van der Waals surface area contributed by atoms with E-state index in [2.05, 4.69) is 43.4 Å². The molecule has 0 aromatic heterocycles. The van der Waals surface area contributed by atoms with Gasteiger partial charge in [-0.25, -0.2) is 4.39 Å². The Morgan fingerprint density at radius 3 is 2.50 bits per heavy atom. The highest BCUT2D eigenvalue weighted by molar-refractivity contribution is 5.97. The van der Waals surface area contributed by atoms with Gasteiger partial charge in [0, 0.05) is 11.3 Å². The predicted octanol–water partition coefficient (Wildman–Crippen LogP) is 5.84. The number of anilines is 1. The molecule has 1 N–H and O–H groups in total. The maximum Gasteiger partial charge on any atom is 0.228 e. The lowest BCUT2D eigenvalue weighted by atomic mass is 10.00. The zero-order valence-corrected chi connectivity index (χ0v) is 15.0. The summed E-state index contributed by atoms with van der Waals surface area (Å²) in [6.45, 7) is 4.33. The fourth-order valence-electron chi connectivity index (χ4n) is 3.54. The van der Waals surface area contributed by atoms with E-state index >= 15 is 0 Å². The highest BCUT2D eigenvalue weighted by Crippen LogP contribution is 2.48. The van der Waals surface area contributed by atoms with Crippen LogP contribution in [0.5, 0.6) is 0 Å². The zero-order chi connectivity index (χ0) is 18.3. The molecule has 3 heteroatoms. The van der Waals surface area contributed by atoms with Crippen LogP contribution in [0.4, 0.5) is 10.1 Å². The molecule has 0 heterocycles. The first-order valence-electron chi connectivity index (χ1n) is 9.12. The number of fused-ring (bicyclic) bond motifs is 1. The third-order valence-corrected chi connectivity index (χ3v) is 5.28. The molecule has 0 radical (unpaired) electrons. The molecule has 132 valence electrons. The van der Waals surface area contributed by atoms with Crippen molar-refractivity contribution < 1.29 is 9.18 Å². The van der Waals surface area contributed by atoms with Gasteiger partial charge in [0.2, 0.25) is 5.91 Å². The van der Waals surface area contributed by atoms with Crippen LogP contribution in [0, 0.1) is 11.7 Å². The number of hydrogen-bond donors (Lipinski definition) is 1. The van der Waals surface area contributed by atoms with Gasteiger partial charge in [-0.15, -0.1) is 0 Å². The molecule has 0 bridgehead atoms. The third-order valence-electron chi connectivity index (χ3n) is 5.28. The number of carbonyl (C=O) groups is 1. The van der Waals surface area contributed by atoms with Crippen LogP contribution in [0.2, 0.25) is 0 Å². The van der Waals surface area contributed by atoms with E-state index < -0.39 is 0 Å². The number of rotatable bonds is 4. The van der Waals surface area contributed by atoms with Gasteiger partial charge in [-0.2, -0.15) is 0 Å². The minimum absolute atomic E-state index is 0.0780. The zero-order valence-electron chi connectivity index (χ0n) is 15.0. The van der Waals surface area contributed by atoms with Crippen LogP contribution in [0.1, 0.15) is 43.2 Å². The topological polar surface area (TPSA) is 29.1 Å². The van der Waals surface area contributed by atoms with Gasteiger partial charge < -0.3 is 5.32 Å². The molecule has 2 atom stereocenters. The summed E-state index contributed by atoms with van der Waals surface area (Å²) in [6, 6.07) is 19.3. The summed E-state index contributed by atoms with van der Waals surface area (Å²) in [7, 11) is 0. The number of amides is 1. The van der Waals surface area contributed by atoms with Gasteiger partial charge in [-0.3, -0.25) is 4.79 Å². The van der Waals surface area contributed by atoms with Crippen molar-refractivity contribution in [1.29, 1.82) is 0 Å². The molecule has 4 rings (SSSR count). The summed E-state index contributed by atoms with van der Waals surface area (Å²) in [6.07, 6.45) is 0.821. The highest BCUT2D eigenvalue weighted by Gasteiger charge is 2.44. The van der Waals surface area contributed by atoms with E-state index in [1.807, 2.05) is 18.2 Å². The Balaban J connectivity index is 1.47. The molecule has 1 aliphatic carbocycles. The maximum atomic E-state index is 14.6. The van der Waals surface area contributed by atoms with E-state index in [0.717, 1.165) is 11.8 Å². The normalized spacial score (nSPS) is 18.9. The lowest BCUT2D eigenvalue weighted by molar-refractivity contribution is -0.117. The molecule has 2 unspecified atom stereocenters. The van der Waals surface area contributed by atoms with Gasteiger partial charge in [0.25, 0.3) is 0 Å². The van der Waals surface area contributed by atoms with Crippen LogP contribution >= 0.6 is 0 Å². The third kappa shape index (κ3) is 3.10. The van der Waals surface area contributed by atoms with Gasteiger partial charge in [0.1, 0.15) is 0 Å². The van der Waals surface area contributed by atoms with Crippen LogP contribution in [-0.2, 0) is 4.79 Å². The van der Waals surface area contributed by atoms with Crippen molar-refractivity contribution in [3.63, 3.8) is 0 Å². The summed E-state index contributed by atoms with van der Waals surface area (Å²) in [5.74, 6) is 0.191. The van der Waals surface area contributed by atoms with E-state index in [4.69, 9.17) is 0 Å². The minimum atomic E-state index is -0.366. The Labute approximate surface area is 153 Å². The summed E-state index contributed by atoms with van der Waals surface area (Å²) in [4.78, 5) is 12.5. The Bertz CT molecular complexity index is 962. The summed E-state index contributed by atoms with van der Waals surface area (Å²) < 4.78 is 14.6. The van der Waals surface area contributed by atoms with Crippen molar-refractivity contribution >= 4 is 22.4 Å². The molecule has 0 saturated heterocycles. The average Bonchev–Trinajstić information content (AvgIpc) is 3.45. The minimum Gasteiger partial charge on any atom is -0.323 e. The molecule has 2 nitrogen and oxygen atoms in total. The smallest absolute Gasteiger partial charge is 0.228 e. The number of hydrogen-bond acceptors (Lipinski definition) is 1. The van der Waals surface area contributed by atoms with E-state index in [1.54, 1.807) is 18.2 Å². The maximum absolute atomic E-state index is 14.6. The van der Waals surface area contributed by atoms with Crippen molar-refractivity contribution in [2.24, 2.45) is 5.92 Å². The first-order valence-corrected chi connectivity index (χ1v) is 9.12. The second-order valence-electron chi connectivity index (χ2n) is 7.41. The van der Waals surface area contributed by atoms with Crippen molar-refractivity contribution in [2.45, 2.75) is 32.1 Å². The first-order chi connectivity index (χ1) is 12.5. The standard InChI is InChI=1S/C23H22FNO/c1-14(2)15-7-9-17(10-8-15)19-13-20(19)23(26)25-21-12-11-16-5-3-4-6-18(16)22(21)24/h3-12,14,19-20H,13H2,1-2H3,(H,25,26). The van der Waals surface area contributed by atoms with Crippen LogP contribution in [0.25, 0.3) is 10.8 Å². The van der Waals surface area contributed by atoms with E-state index in [9.17, 15) is 9.18 Å². The summed E-state index contributed by atoms with van der Waals surface area (Å²) in [5, 5.41) is 4.14. The second-order valence-corrected chi connectivity index (χ2v) is 7.41. The lowest BCUT2D eigenvalue weighted by Crippen LogP contribution is -2.15. The van der Waals surface area contributed by atoms with E-state index in [1.165, 1.54) is 11.1 Å². The van der Waals surface area contributed by atoms with E-state index in [0.29, 0.717) is 11.3 Å². The van der Waals surface area contributed by atoms with Crippen molar-refractivity contribution in [2.75, 3.05) is 5.32 Å². The molecular formula is C23H22FNO. The van der Waals surface area contributed by atoms with Crippen molar-refractivity contribution in [3.05, 3.63) is 77.6 Å². The molecule has 1 saturated carbocycles. The quantitative estimate of drug-likeness (QED) is 0.631. The first kappa shape index (κ1) is 16.8. The van der Waals surface area contributed by atoms with Gasteiger partial charge in [-0.1, -0.05) is 68.4 Å². The Morgan fingerprint density at radius 1 is 1.04 bits per heavy atom.